The molecule has 158 valence electrons. The standard InChI is InChI=1S/C16H13.C9H7.C2H6Si.2ClH.Zr/c1-12-10-14-8-5-9-15(16(14)11-12)13-6-3-2-4-7-13;1-2-5-9-7-3-6-8(9)4-1;1-3-2;;;/h2-11H,1H3;1-2,4-6H,7H2;1-2H3;2*1H;. The first-order valence-electron chi connectivity index (χ1n) is 10.5. The summed E-state index contributed by atoms with van der Waals surface area (Å²) in [6, 6.07) is 26.9. The Morgan fingerprint density at radius 3 is 2.23 bits per heavy atom. The molecular weight excluding hydrogens is 515 g/mol. The maximum absolute atomic E-state index is 2.58. The van der Waals surface area contributed by atoms with Crippen molar-refractivity contribution < 1.29 is 20.4 Å². The quantitative estimate of drug-likeness (QED) is 0.293. The summed E-state index contributed by atoms with van der Waals surface area (Å²) < 4.78 is 2.55. The van der Waals surface area contributed by atoms with E-state index in [0.29, 0.717) is 3.63 Å². The van der Waals surface area contributed by atoms with E-state index in [4.69, 9.17) is 0 Å². The molecule has 0 aliphatic heterocycles. The predicted molar refractivity (Wildman–Crippen MR) is 138 cm³/mol. The molecule has 0 nitrogen and oxygen atoms in total. The number of benzene rings is 3. The molecule has 0 fully saturated rings. The van der Waals surface area contributed by atoms with Gasteiger partial charge in [-0.1, -0.05) is 0 Å². The normalized spacial score (nSPS) is 15.6. The Kier molecular flexibility index (Phi) is 8.03. The Hall–Kier alpha value is -1.18. The van der Waals surface area contributed by atoms with Crippen molar-refractivity contribution in [2.24, 2.45) is 0 Å². The van der Waals surface area contributed by atoms with Crippen molar-refractivity contribution in [3.05, 3.63) is 104 Å². The topological polar surface area (TPSA) is 0 Å². The third-order valence-electron chi connectivity index (χ3n) is 6.30. The zero-order chi connectivity index (χ0) is 20.0. The van der Waals surface area contributed by atoms with Crippen molar-refractivity contribution in [1.82, 2.24) is 0 Å². The predicted octanol–water partition coefficient (Wildman–Crippen LogP) is 8.12. The van der Waals surface area contributed by atoms with Crippen LogP contribution in [0.1, 0.15) is 32.8 Å². The number of hydrogen-bond donors (Lipinski definition) is 0. The van der Waals surface area contributed by atoms with Crippen LogP contribution in [-0.2, 0) is 26.8 Å². The maximum atomic E-state index is 2.58. The van der Waals surface area contributed by atoms with Gasteiger partial charge in [0.2, 0.25) is 0 Å². The number of allylic oxidation sites excluding steroid dienone is 2. The van der Waals surface area contributed by atoms with Crippen LogP contribution in [0, 0.1) is 0 Å². The van der Waals surface area contributed by atoms with Crippen LogP contribution in [0.15, 0.2) is 81.7 Å². The second-order valence-corrected chi connectivity index (χ2v) is 26.0. The van der Waals surface area contributed by atoms with Gasteiger partial charge in [0, 0.05) is 0 Å². The van der Waals surface area contributed by atoms with Crippen LogP contribution >= 0.6 is 24.8 Å². The Morgan fingerprint density at radius 2 is 1.52 bits per heavy atom. The SMILES string of the molecule is CC1=Cc2c(-c3ccccc3)cccc2[CH]1[Zr]([C]1=Cc2ccccc2C1)=[Si](C)C.Cl.Cl. The molecule has 1 unspecified atom stereocenters. The molecule has 0 bridgehead atoms. The van der Waals surface area contributed by atoms with Gasteiger partial charge in [-0.3, -0.25) is 0 Å². The van der Waals surface area contributed by atoms with Gasteiger partial charge in [0.1, 0.15) is 0 Å². The second-order valence-electron chi connectivity index (χ2n) is 8.45. The van der Waals surface area contributed by atoms with Crippen molar-refractivity contribution in [1.29, 1.82) is 0 Å². The summed E-state index contributed by atoms with van der Waals surface area (Å²) in [6.45, 7) is 7.55. The molecule has 0 amide bonds. The average molecular weight is 543 g/mol. The van der Waals surface area contributed by atoms with E-state index in [2.05, 4.69) is 105 Å². The van der Waals surface area contributed by atoms with Crippen LogP contribution in [0.3, 0.4) is 0 Å². The number of hydrogen-bond acceptors (Lipinski definition) is 0. The minimum Gasteiger partial charge on any atom is -0.147 e. The van der Waals surface area contributed by atoms with Gasteiger partial charge in [-0.05, 0) is 0 Å². The molecule has 2 aliphatic rings. The van der Waals surface area contributed by atoms with Gasteiger partial charge in [0.25, 0.3) is 0 Å². The molecule has 0 saturated heterocycles. The van der Waals surface area contributed by atoms with Crippen molar-refractivity contribution in [2.75, 3.05) is 0 Å². The molecule has 1 atom stereocenters. The zero-order valence-electron chi connectivity index (χ0n) is 18.2. The van der Waals surface area contributed by atoms with Gasteiger partial charge in [-0.25, -0.2) is 0 Å². The zero-order valence-corrected chi connectivity index (χ0v) is 23.3. The molecule has 3 aromatic rings. The van der Waals surface area contributed by atoms with E-state index in [1.807, 2.05) is 3.28 Å². The molecule has 0 N–H and O–H groups in total. The first-order chi connectivity index (χ1) is 14.1. The molecule has 5 rings (SSSR count). The first kappa shape index (κ1) is 24.5. The van der Waals surface area contributed by atoms with Crippen molar-refractivity contribution in [3.8, 4) is 11.1 Å². The van der Waals surface area contributed by atoms with Crippen LogP contribution in [0.5, 0.6) is 0 Å². The third-order valence-corrected chi connectivity index (χ3v) is 24.7. The second kappa shape index (κ2) is 10.2. The van der Waals surface area contributed by atoms with Gasteiger partial charge in [-0.2, -0.15) is 0 Å². The molecule has 4 heteroatoms. The minimum atomic E-state index is -1.84. The summed E-state index contributed by atoms with van der Waals surface area (Å²) in [5, 5.41) is 0. The molecule has 31 heavy (non-hydrogen) atoms. The van der Waals surface area contributed by atoms with Crippen molar-refractivity contribution >= 4 is 42.4 Å². The van der Waals surface area contributed by atoms with E-state index in [-0.39, 0.29) is 30.2 Å². The van der Waals surface area contributed by atoms with E-state index < -0.39 is 20.4 Å². The van der Waals surface area contributed by atoms with Crippen molar-refractivity contribution in [2.45, 2.75) is 30.1 Å². The van der Waals surface area contributed by atoms with Crippen LogP contribution in [0.2, 0.25) is 13.1 Å². The van der Waals surface area contributed by atoms with Gasteiger partial charge in [0.05, 0.1) is 0 Å². The Morgan fingerprint density at radius 1 is 0.806 bits per heavy atom. The molecule has 0 radical (unpaired) electrons. The number of fused-ring (bicyclic) bond motifs is 2. The summed E-state index contributed by atoms with van der Waals surface area (Å²) in [5.41, 5.74) is 10.1. The minimum absolute atomic E-state index is 0. The fraction of sp³-hybridized carbons (Fsp3) is 0.185. The maximum Gasteiger partial charge on any atom is -0.147 e. The van der Waals surface area contributed by atoms with E-state index in [0.717, 1.165) is 0 Å². The Bertz CT molecular complexity index is 1200. The fourth-order valence-electron chi connectivity index (χ4n) is 5.05. The van der Waals surface area contributed by atoms with Crippen molar-refractivity contribution in [3.63, 3.8) is 0 Å². The molecular formula is C27H28Cl2SiZr. The molecule has 2 aliphatic carbocycles. The number of rotatable bonds is 3. The van der Waals surface area contributed by atoms with Crippen LogP contribution < -0.4 is 0 Å². The largest absolute Gasteiger partial charge is 0.147 e. The smallest absolute Gasteiger partial charge is 0.147 e. The van der Waals surface area contributed by atoms with E-state index in [1.165, 1.54) is 28.7 Å². The molecule has 3 aromatic carbocycles. The first-order valence-corrected chi connectivity index (χ1v) is 19.3. The molecule has 0 spiro atoms. The number of halogens is 2. The van der Waals surface area contributed by atoms with Crippen LogP contribution in [0.4, 0.5) is 0 Å². The van der Waals surface area contributed by atoms with Gasteiger partial charge >= 0.3 is 183 Å². The van der Waals surface area contributed by atoms with E-state index in [1.54, 1.807) is 16.7 Å². The summed E-state index contributed by atoms with van der Waals surface area (Å²) in [4.78, 5) is 0. The Balaban J connectivity index is 0.00000136. The summed E-state index contributed by atoms with van der Waals surface area (Å²) >= 11 is -1.84. The molecule has 0 heterocycles. The van der Waals surface area contributed by atoms with Gasteiger partial charge in [-0.15, -0.1) is 24.8 Å². The van der Waals surface area contributed by atoms with Gasteiger partial charge in [0.15, 0.2) is 0 Å². The summed E-state index contributed by atoms with van der Waals surface area (Å²) in [7, 11) is 0. The third kappa shape index (κ3) is 4.51. The summed E-state index contributed by atoms with van der Waals surface area (Å²) in [6.07, 6.45) is 6.29. The average Bonchev–Trinajstić information content (AvgIpc) is 3.29. The monoisotopic (exact) mass is 540 g/mol. The van der Waals surface area contributed by atoms with Crippen LogP contribution in [-0.4, -0.2) is 5.43 Å². The molecule has 0 saturated carbocycles. The molecule has 0 aromatic heterocycles. The van der Waals surface area contributed by atoms with Crippen LogP contribution in [0.25, 0.3) is 23.3 Å². The van der Waals surface area contributed by atoms with Gasteiger partial charge < -0.3 is 0 Å². The van der Waals surface area contributed by atoms with E-state index >= 15 is 0 Å². The Labute approximate surface area is 206 Å². The summed E-state index contributed by atoms with van der Waals surface area (Å²) in [5.74, 6) is 0. The van der Waals surface area contributed by atoms with E-state index in [9.17, 15) is 0 Å². The fourth-order valence-corrected chi connectivity index (χ4v) is 23.8.